The molecule has 0 radical (unpaired) electrons. The fourth-order valence-electron chi connectivity index (χ4n) is 2.96. The topological polar surface area (TPSA) is 71.1 Å². The number of hydrogen-bond acceptors (Lipinski definition) is 6. The highest BCUT2D eigenvalue weighted by molar-refractivity contribution is 7.86. The first-order chi connectivity index (χ1) is 11.3. The van der Waals surface area contributed by atoms with Gasteiger partial charge in [-0.2, -0.15) is 8.42 Å². The number of rotatable bonds is 5. The van der Waals surface area contributed by atoms with Crippen LogP contribution in [0.25, 0.3) is 10.8 Å². The number of benzene rings is 2. The summed E-state index contributed by atoms with van der Waals surface area (Å²) in [6.45, 7) is 2.38. The number of hydrogen-bond donors (Lipinski definition) is 0. The average molecular weight is 352 g/mol. The Morgan fingerprint density at radius 1 is 1.08 bits per heavy atom. The minimum atomic E-state index is -3.63. The van der Waals surface area contributed by atoms with Crippen LogP contribution in [0.3, 0.4) is 0 Å². The zero-order valence-electron chi connectivity index (χ0n) is 13.8. The second-order valence-electron chi connectivity index (χ2n) is 5.73. The van der Waals surface area contributed by atoms with Gasteiger partial charge in [0.15, 0.2) is 0 Å². The second kappa shape index (κ2) is 6.33. The van der Waals surface area contributed by atoms with Gasteiger partial charge in [0.25, 0.3) is 10.1 Å². The largest absolute Gasteiger partial charge is 0.497 e. The summed E-state index contributed by atoms with van der Waals surface area (Å²) in [5, 5.41) is 1.97. The quantitative estimate of drug-likeness (QED) is 0.770. The summed E-state index contributed by atoms with van der Waals surface area (Å²) in [4.78, 5) is 0. The number of methoxy groups -OCH3 is 1. The van der Waals surface area contributed by atoms with Gasteiger partial charge in [-0.05, 0) is 35.9 Å². The Bertz CT molecular complexity index is 839. The Hall–Kier alpha value is -1.67. The number of ether oxygens (including phenoxy) is 3. The Morgan fingerprint density at radius 2 is 1.71 bits per heavy atom. The lowest BCUT2D eigenvalue weighted by atomic mass is 9.97. The van der Waals surface area contributed by atoms with Gasteiger partial charge in [-0.15, -0.1) is 0 Å². The molecule has 0 bridgehead atoms. The summed E-state index contributed by atoms with van der Waals surface area (Å²) in [6.07, 6.45) is 0.199. The van der Waals surface area contributed by atoms with Crippen molar-refractivity contribution in [2.75, 3.05) is 26.6 Å². The molecule has 2 aromatic carbocycles. The standard InChI is InChI=1S/C17H20O6S/c1-12(23-24(3,18)19)17(21-8-9-22-17)15-6-4-14-11-16(20-2)7-5-13(14)10-15/h4-7,10-12H,8-9H2,1-3H3/t12-/m0/s1. The van der Waals surface area contributed by atoms with Gasteiger partial charge in [0, 0.05) is 5.56 Å². The molecule has 0 spiro atoms. The van der Waals surface area contributed by atoms with E-state index >= 15 is 0 Å². The lowest BCUT2D eigenvalue weighted by Crippen LogP contribution is -2.41. The Balaban J connectivity index is 2.04. The van der Waals surface area contributed by atoms with E-state index in [2.05, 4.69) is 0 Å². The van der Waals surface area contributed by atoms with Crippen LogP contribution in [-0.4, -0.2) is 41.1 Å². The van der Waals surface area contributed by atoms with Crippen molar-refractivity contribution in [1.82, 2.24) is 0 Å². The molecule has 3 rings (SSSR count). The maximum absolute atomic E-state index is 11.5. The van der Waals surface area contributed by atoms with Gasteiger partial charge < -0.3 is 14.2 Å². The maximum atomic E-state index is 11.5. The first kappa shape index (κ1) is 17.2. The Labute approximate surface area is 141 Å². The molecule has 7 heteroatoms. The van der Waals surface area contributed by atoms with Crippen LogP contribution in [0.1, 0.15) is 12.5 Å². The minimum Gasteiger partial charge on any atom is -0.497 e. The molecule has 130 valence electrons. The fraction of sp³-hybridized carbons (Fsp3) is 0.412. The summed E-state index contributed by atoms with van der Waals surface area (Å²) in [6, 6.07) is 11.4. The predicted molar refractivity (Wildman–Crippen MR) is 89.5 cm³/mol. The molecule has 0 unspecified atom stereocenters. The monoisotopic (exact) mass is 352 g/mol. The van der Waals surface area contributed by atoms with E-state index in [4.69, 9.17) is 18.4 Å². The van der Waals surface area contributed by atoms with Gasteiger partial charge in [0.05, 0.1) is 26.6 Å². The van der Waals surface area contributed by atoms with Gasteiger partial charge in [-0.3, -0.25) is 4.18 Å². The molecule has 0 saturated carbocycles. The fourth-order valence-corrected chi connectivity index (χ4v) is 3.61. The number of fused-ring (bicyclic) bond motifs is 1. The zero-order valence-corrected chi connectivity index (χ0v) is 14.6. The van der Waals surface area contributed by atoms with Crippen molar-refractivity contribution in [3.8, 4) is 5.75 Å². The van der Waals surface area contributed by atoms with Crippen LogP contribution >= 0.6 is 0 Å². The van der Waals surface area contributed by atoms with Crippen LogP contribution in [0.4, 0.5) is 0 Å². The molecule has 1 atom stereocenters. The van der Waals surface area contributed by atoms with Gasteiger partial charge in [0.2, 0.25) is 5.79 Å². The summed E-state index contributed by atoms with van der Waals surface area (Å²) in [5.74, 6) is -0.468. The van der Waals surface area contributed by atoms with Crippen LogP contribution in [0.2, 0.25) is 0 Å². The van der Waals surface area contributed by atoms with Crippen LogP contribution in [-0.2, 0) is 29.6 Å². The van der Waals surface area contributed by atoms with E-state index in [1.807, 2.05) is 36.4 Å². The lowest BCUT2D eigenvalue weighted by molar-refractivity contribution is -0.216. The molecule has 2 aromatic rings. The van der Waals surface area contributed by atoms with Crippen molar-refractivity contribution < 1.29 is 26.8 Å². The molecule has 0 aliphatic carbocycles. The maximum Gasteiger partial charge on any atom is 0.264 e. The molecular weight excluding hydrogens is 332 g/mol. The summed E-state index contributed by atoms with van der Waals surface area (Å²) in [5.41, 5.74) is 0.716. The summed E-state index contributed by atoms with van der Waals surface area (Å²) >= 11 is 0. The molecular formula is C17H20O6S. The van der Waals surface area contributed by atoms with Crippen LogP contribution in [0.5, 0.6) is 5.75 Å². The molecule has 0 N–H and O–H groups in total. The molecule has 24 heavy (non-hydrogen) atoms. The first-order valence-corrected chi connectivity index (χ1v) is 9.40. The normalized spacial score (nSPS) is 18.6. The molecule has 1 heterocycles. The van der Waals surface area contributed by atoms with Crippen molar-refractivity contribution in [3.05, 3.63) is 42.0 Å². The van der Waals surface area contributed by atoms with E-state index in [9.17, 15) is 8.42 Å². The van der Waals surface area contributed by atoms with Crippen molar-refractivity contribution in [3.63, 3.8) is 0 Å². The summed E-state index contributed by atoms with van der Waals surface area (Å²) < 4.78 is 45.0. The second-order valence-corrected chi connectivity index (χ2v) is 7.34. The Morgan fingerprint density at radius 3 is 2.33 bits per heavy atom. The van der Waals surface area contributed by atoms with Gasteiger partial charge in [0.1, 0.15) is 11.9 Å². The first-order valence-electron chi connectivity index (χ1n) is 7.58. The third kappa shape index (κ3) is 3.25. The van der Waals surface area contributed by atoms with Crippen LogP contribution < -0.4 is 4.74 Å². The third-order valence-corrected chi connectivity index (χ3v) is 4.66. The van der Waals surface area contributed by atoms with Crippen molar-refractivity contribution in [2.45, 2.75) is 18.8 Å². The van der Waals surface area contributed by atoms with E-state index in [-0.39, 0.29) is 0 Å². The molecule has 1 aliphatic rings. The molecule has 6 nitrogen and oxygen atoms in total. The molecule has 0 aromatic heterocycles. The summed E-state index contributed by atoms with van der Waals surface area (Å²) in [7, 11) is -2.01. The molecule has 1 saturated heterocycles. The van der Waals surface area contributed by atoms with Gasteiger partial charge in [-0.25, -0.2) is 0 Å². The molecule has 0 amide bonds. The highest BCUT2D eigenvalue weighted by Gasteiger charge is 2.46. The van der Waals surface area contributed by atoms with Crippen molar-refractivity contribution in [2.24, 2.45) is 0 Å². The van der Waals surface area contributed by atoms with Crippen molar-refractivity contribution >= 4 is 20.9 Å². The SMILES string of the molecule is COc1ccc2cc(C3([C@H](C)OS(C)(=O)=O)OCCO3)ccc2c1. The van der Waals surface area contributed by atoms with Crippen LogP contribution in [0, 0.1) is 0 Å². The van der Waals surface area contributed by atoms with Crippen LogP contribution in [0.15, 0.2) is 36.4 Å². The highest BCUT2D eigenvalue weighted by Crippen LogP contribution is 2.38. The van der Waals surface area contributed by atoms with Gasteiger partial charge >= 0.3 is 0 Å². The lowest BCUT2D eigenvalue weighted by Gasteiger charge is -2.33. The zero-order chi connectivity index (χ0) is 17.4. The van der Waals surface area contributed by atoms with E-state index in [1.54, 1.807) is 14.0 Å². The predicted octanol–water partition coefficient (Wildman–Crippen LogP) is 2.41. The van der Waals surface area contributed by atoms with E-state index in [0.29, 0.717) is 18.8 Å². The van der Waals surface area contributed by atoms with Gasteiger partial charge in [-0.1, -0.05) is 18.2 Å². The molecule has 1 aliphatic heterocycles. The minimum absolute atomic E-state index is 0.373. The third-order valence-electron chi connectivity index (χ3n) is 4.02. The molecule has 1 fully saturated rings. The van der Waals surface area contributed by atoms with Crippen molar-refractivity contribution in [1.29, 1.82) is 0 Å². The Kier molecular flexibility index (Phi) is 4.52. The van der Waals surface area contributed by atoms with E-state index in [0.717, 1.165) is 22.8 Å². The average Bonchev–Trinajstić information content (AvgIpc) is 3.03. The highest BCUT2D eigenvalue weighted by atomic mass is 32.2. The van der Waals surface area contributed by atoms with E-state index in [1.165, 1.54) is 0 Å². The smallest absolute Gasteiger partial charge is 0.264 e. The van der Waals surface area contributed by atoms with E-state index < -0.39 is 22.0 Å².